The van der Waals surface area contributed by atoms with Crippen LogP contribution >= 0.6 is 0 Å². The lowest BCUT2D eigenvalue weighted by Crippen LogP contribution is -2.18. The highest BCUT2D eigenvalue weighted by Gasteiger charge is 2.32. The van der Waals surface area contributed by atoms with Gasteiger partial charge in [-0.3, -0.25) is 0 Å². The van der Waals surface area contributed by atoms with Crippen molar-refractivity contribution in [2.24, 2.45) is 0 Å². The summed E-state index contributed by atoms with van der Waals surface area (Å²) < 4.78 is 84.4. The van der Waals surface area contributed by atoms with E-state index in [9.17, 15) is 26.3 Å². The fraction of sp³-hybridized carbons (Fsp3) is 0.200. The molecule has 1 nitrogen and oxygen atoms in total. The number of rotatable bonds is 8. The Morgan fingerprint density at radius 2 is 1.05 bits per heavy atom. The van der Waals surface area contributed by atoms with Gasteiger partial charge in [-0.15, -0.1) is 13.2 Å². The van der Waals surface area contributed by atoms with E-state index in [1.165, 1.54) is 6.07 Å². The van der Waals surface area contributed by atoms with E-state index < -0.39 is 29.6 Å². The van der Waals surface area contributed by atoms with Gasteiger partial charge in [-0.25, -0.2) is 13.2 Å². The van der Waals surface area contributed by atoms with Crippen LogP contribution in [0.2, 0.25) is 0 Å². The Hall–Kier alpha value is -3.74. The van der Waals surface area contributed by atoms with Crippen molar-refractivity contribution < 1.29 is 31.1 Å². The highest BCUT2D eigenvalue weighted by Crippen LogP contribution is 2.32. The molecule has 0 heterocycles. The standard InChI is InChI=1S/C30H24F6O/c1-2-3-19-6-11-22(12-7-19)24-15-16-25(29(33)28(24)32)23-13-8-20(9-14-23)4-5-21-10-17-27(26(31)18-21)37-30(34,35)36/h6-18H,2-5H2,1H3. The van der Waals surface area contributed by atoms with E-state index in [0.29, 0.717) is 29.5 Å². The molecule has 0 fully saturated rings. The molecule has 0 aromatic heterocycles. The van der Waals surface area contributed by atoms with Gasteiger partial charge in [-0.2, -0.15) is 0 Å². The molecule has 0 bridgehead atoms. The zero-order chi connectivity index (χ0) is 26.6. The first-order valence-electron chi connectivity index (χ1n) is 11.9. The van der Waals surface area contributed by atoms with E-state index >= 15 is 0 Å². The van der Waals surface area contributed by atoms with Crippen LogP contribution in [-0.4, -0.2) is 6.36 Å². The Balaban J connectivity index is 1.45. The predicted molar refractivity (Wildman–Crippen MR) is 132 cm³/mol. The highest BCUT2D eigenvalue weighted by molar-refractivity contribution is 5.72. The van der Waals surface area contributed by atoms with E-state index in [1.807, 2.05) is 12.1 Å². The molecule has 192 valence electrons. The van der Waals surface area contributed by atoms with Crippen LogP contribution in [-0.2, 0) is 19.3 Å². The quantitative estimate of drug-likeness (QED) is 0.213. The highest BCUT2D eigenvalue weighted by atomic mass is 19.4. The molecule has 7 heteroatoms. The Kier molecular flexibility index (Phi) is 7.91. The van der Waals surface area contributed by atoms with Gasteiger partial charge in [-0.1, -0.05) is 80.1 Å². The van der Waals surface area contributed by atoms with Crippen LogP contribution in [0.1, 0.15) is 30.0 Å². The summed E-state index contributed by atoms with van der Waals surface area (Å²) in [6, 6.07) is 20.7. The third-order valence-electron chi connectivity index (χ3n) is 6.08. The van der Waals surface area contributed by atoms with Crippen LogP contribution in [0, 0.1) is 17.5 Å². The summed E-state index contributed by atoms with van der Waals surface area (Å²) >= 11 is 0. The summed E-state index contributed by atoms with van der Waals surface area (Å²) in [6.45, 7) is 2.08. The number of aryl methyl sites for hydroxylation is 3. The van der Waals surface area contributed by atoms with Gasteiger partial charge in [0.05, 0.1) is 0 Å². The number of hydrogen-bond donors (Lipinski definition) is 0. The molecule has 0 N–H and O–H groups in total. The fourth-order valence-corrected chi connectivity index (χ4v) is 4.18. The van der Waals surface area contributed by atoms with Crippen molar-refractivity contribution >= 4 is 0 Å². The maximum Gasteiger partial charge on any atom is 0.573 e. The zero-order valence-corrected chi connectivity index (χ0v) is 20.0. The van der Waals surface area contributed by atoms with Gasteiger partial charge in [0.2, 0.25) is 0 Å². The molecule has 0 aliphatic rings. The van der Waals surface area contributed by atoms with Crippen LogP contribution in [0.4, 0.5) is 26.3 Å². The first kappa shape index (κ1) is 26.3. The number of alkyl halides is 3. The number of hydrogen-bond acceptors (Lipinski definition) is 1. The van der Waals surface area contributed by atoms with Crippen molar-refractivity contribution in [3.63, 3.8) is 0 Å². The lowest BCUT2D eigenvalue weighted by molar-refractivity contribution is -0.275. The van der Waals surface area contributed by atoms with E-state index in [1.54, 1.807) is 48.5 Å². The van der Waals surface area contributed by atoms with Crippen LogP contribution in [0.25, 0.3) is 22.3 Å². The molecular weight excluding hydrogens is 490 g/mol. The van der Waals surface area contributed by atoms with Crippen molar-refractivity contribution in [3.05, 3.63) is 113 Å². The zero-order valence-electron chi connectivity index (χ0n) is 20.0. The number of ether oxygens (including phenoxy) is 1. The second-order valence-electron chi connectivity index (χ2n) is 8.75. The molecule has 0 saturated carbocycles. The monoisotopic (exact) mass is 514 g/mol. The molecule has 0 radical (unpaired) electrons. The summed E-state index contributed by atoms with van der Waals surface area (Å²) in [5.74, 6) is -3.82. The minimum Gasteiger partial charge on any atom is -0.403 e. The van der Waals surface area contributed by atoms with Crippen molar-refractivity contribution in [2.75, 3.05) is 0 Å². The van der Waals surface area contributed by atoms with Gasteiger partial charge >= 0.3 is 6.36 Å². The van der Waals surface area contributed by atoms with E-state index in [0.717, 1.165) is 36.1 Å². The van der Waals surface area contributed by atoms with Gasteiger partial charge in [0.15, 0.2) is 23.2 Å². The lowest BCUT2D eigenvalue weighted by atomic mass is 9.96. The van der Waals surface area contributed by atoms with Gasteiger partial charge in [-0.05, 0) is 59.2 Å². The largest absolute Gasteiger partial charge is 0.573 e. The minimum atomic E-state index is -4.97. The van der Waals surface area contributed by atoms with Crippen molar-refractivity contribution in [1.29, 1.82) is 0 Å². The first-order valence-corrected chi connectivity index (χ1v) is 11.9. The van der Waals surface area contributed by atoms with Gasteiger partial charge < -0.3 is 4.74 Å². The number of halogens is 6. The molecule has 37 heavy (non-hydrogen) atoms. The molecule has 0 atom stereocenters. The molecular formula is C30H24F6O. The molecule has 4 aromatic rings. The molecule has 0 saturated heterocycles. The SMILES string of the molecule is CCCc1ccc(-c2ccc(-c3ccc(CCc4ccc(OC(F)(F)F)c(F)c4)cc3)c(F)c2F)cc1. The van der Waals surface area contributed by atoms with Gasteiger partial charge in [0.25, 0.3) is 0 Å². The summed E-state index contributed by atoms with van der Waals surface area (Å²) in [4.78, 5) is 0. The van der Waals surface area contributed by atoms with Crippen LogP contribution in [0.15, 0.2) is 78.9 Å². The van der Waals surface area contributed by atoms with Crippen LogP contribution < -0.4 is 4.74 Å². The molecule has 0 aliphatic carbocycles. The van der Waals surface area contributed by atoms with Crippen molar-refractivity contribution in [2.45, 2.75) is 39.0 Å². The Labute approximate surface area is 211 Å². The lowest BCUT2D eigenvalue weighted by Gasteiger charge is -2.11. The van der Waals surface area contributed by atoms with E-state index in [4.69, 9.17) is 0 Å². The van der Waals surface area contributed by atoms with Crippen molar-refractivity contribution in [1.82, 2.24) is 0 Å². The second kappa shape index (κ2) is 11.1. The summed E-state index contributed by atoms with van der Waals surface area (Å²) in [5, 5.41) is 0. The Morgan fingerprint density at radius 3 is 1.51 bits per heavy atom. The Bertz CT molecular complexity index is 1360. The van der Waals surface area contributed by atoms with Crippen LogP contribution in [0.3, 0.4) is 0 Å². The smallest absolute Gasteiger partial charge is 0.403 e. The normalized spacial score (nSPS) is 11.5. The third kappa shape index (κ3) is 6.53. The average molecular weight is 515 g/mol. The van der Waals surface area contributed by atoms with Gasteiger partial charge in [0.1, 0.15) is 0 Å². The third-order valence-corrected chi connectivity index (χ3v) is 6.08. The topological polar surface area (TPSA) is 9.23 Å². The minimum absolute atomic E-state index is 0.137. The maximum atomic E-state index is 15.0. The summed E-state index contributed by atoms with van der Waals surface area (Å²) in [7, 11) is 0. The molecule has 0 spiro atoms. The van der Waals surface area contributed by atoms with Gasteiger partial charge in [0, 0.05) is 11.1 Å². The first-order chi connectivity index (χ1) is 17.6. The predicted octanol–water partition coefficient (Wildman–Crippen LogP) is 9.07. The molecule has 4 aromatic carbocycles. The summed E-state index contributed by atoms with van der Waals surface area (Å²) in [5.41, 5.74) is 3.93. The number of benzene rings is 4. The molecule has 0 amide bonds. The van der Waals surface area contributed by atoms with Crippen LogP contribution in [0.5, 0.6) is 5.75 Å². The van der Waals surface area contributed by atoms with E-state index in [2.05, 4.69) is 11.7 Å². The average Bonchev–Trinajstić information content (AvgIpc) is 2.86. The fourth-order valence-electron chi connectivity index (χ4n) is 4.18. The maximum absolute atomic E-state index is 15.0. The van der Waals surface area contributed by atoms with Crippen molar-refractivity contribution in [3.8, 4) is 28.0 Å². The molecule has 4 rings (SSSR count). The molecule has 0 unspecified atom stereocenters. The Morgan fingerprint density at radius 1 is 0.595 bits per heavy atom. The van der Waals surface area contributed by atoms with E-state index in [-0.39, 0.29) is 11.1 Å². The molecule has 0 aliphatic heterocycles. The summed E-state index contributed by atoms with van der Waals surface area (Å²) in [6.07, 6.45) is -2.19. The second-order valence-corrected chi connectivity index (χ2v) is 8.75.